The summed E-state index contributed by atoms with van der Waals surface area (Å²) in [5, 5.41) is 0. The molecule has 0 aromatic rings. The Morgan fingerprint density at radius 2 is 1.71 bits per heavy atom. The summed E-state index contributed by atoms with van der Waals surface area (Å²) in [7, 11) is 0. The van der Waals surface area contributed by atoms with Crippen molar-refractivity contribution >= 4 is 0 Å². The minimum atomic E-state index is 0.738. The van der Waals surface area contributed by atoms with Gasteiger partial charge in [0, 0.05) is 0 Å². The summed E-state index contributed by atoms with van der Waals surface area (Å²) in [6.45, 7) is 5.14. The van der Waals surface area contributed by atoms with E-state index >= 15 is 0 Å². The molecule has 0 amide bonds. The number of rotatable bonds is 2. The van der Waals surface area contributed by atoms with Crippen molar-refractivity contribution in [3.05, 3.63) is 0 Å². The maximum absolute atomic E-state index is 2.73. The monoisotopic (exact) mass is 286 g/mol. The van der Waals surface area contributed by atoms with Crippen LogP contribution in [0.25, 0.3) is 0 Å². The molecule has 5 saturated carbocycles. The highest BCUT2D eigenvalue weighted by molar-refractivity contribution is 5.33. The first-order valence-electron chi connectivity index (χ1n) is 10.2. The molecule has 0 radical (unpaired) electrons. The standard InChI is InChI=1S/C21H34/c1-3-6-15-8-9-17-19(15,2)13-11-18-20-12-5-4-7-16(20)10-14-21(17,18)20/h15-18H,3-14H2,1-2H3. The zero-order valence-corrected chi connectivity index (χ0v) is 14.3. The molecule has 0 aliphatic heterocycles. The van der Waals surface area contributed by atoms with E-state index < -0.39 is 0 Å². The van der Waals surface area contributed by atoms with Gasteiger partial charge in [-0.2, -0.15) is 0 Å². The zero-order chi connectivity index (χ0) is 14.3. The topological polar surface area (TPSA) is 0 Å². The predicted octanol–water partition coefficient (Wildman–Crippen LogP) is 6.20. The molecule has 0 heteroatoms. The van der Waals surface area contributed by atoms with E-state index in [0.29, 0.717) is 0 Å². The van der Waals surface area contributed by atoms with E-state index in [1.807, 2.05) is 0 Å². The van der Waals surface area contributed by atoms with Crippen LogP contribution in [0.5, 0.6) is 0 Å². The summed E-state index contributed by atoms with van der Waals surface area (Å²) in [5.74, 6) is 4.54. The van der Waals surface area contributed by atoms with E-state index in [1.165, 1.54) is 18.8 Å². The highest BCUT2D eigenvalue weighted by Gasteiger charge is 2.85. The molecular formula is C21H34. The fourth-order valence-electron chi connectivity index (χ4n) is 9.38. The van der Waals surface area contributed by atoms with Gasteiger partial charge in [-0.15, -0.1) is 0 Å². The molecule has 0 heterocycles. The molecule has 0 nitrogen and oxygen atoms in total. The Kier molecular flexibility index (Phi) is 2.62. The molecule has 7 atom stereocenters. The van der Waals surface area contributed by atoms with Crippen LogP contribution in [0.4, 0.5) is 0 Å². The molecule has 21 heavy (non-hydrogen) atoms. The van der Waals surface area contributed by atoms with Gasteiger partial charge in [-0.05, 0) is 91.3 Å². The second kappa shape index (κ2) is 4.09. The van der Waals surface area contributed by atoms with Crippen molar-refractivity contribution in [3.63, 3.8) is 0 Å². The van der Waals surface area contributed by atoms with Gasteiger partial charge in [-0.3, -0.25) is 0 Å². The molecule has 5 fully saturated rings. The number of hydrogen-bond acceptors (Lipinski definition) is 0. The Bertz CT molecular complexity index is 453. The summed E-state index contributed by atoms with van der Waals surface area (Å²) in [6.07, 6.45) is 18.9. The Balaban J connectivity index is 1.53. The highest BCUT2D eigenvalue weighted by Crippen LogP contribution is 2.91. The summed E-state index contributed by atoms with van der Waals surface area (Å²) < 4.78 is 0. The van der Waals surface area contributed by atoms with Gasteiger partial charge in [0.15, 0.2) is 0 Å². The zero-order valence-electron chi connectivity index (χ0n) is 14.3. The Labute approximate surface area is 131 Å². The number of hydrogen-bond donors (Lipinski definition) is 0. The second-order valence-corrected chi connectivity index (χ2v) is 9.77. The molecule has 0 saturated heterocycles. The maximum atomic E-state index is 2.73. The molecule has 0 N–H and O–H groups in total. The van der Waals surface area contributed by atoms with E-state index in [-0.39, 0.29) is 0 Å². The van der Waals surface area contributed by atoms with Crippen LogP contribution in [-0.2, 0) is 0 Å². The van der Waals surface area contributed by atoms with Crippen LogP contribution in [-0.4, -0.2) is 0 Å². The lowest BCUT2D eigenvalue weighted by atomic mass is 9.59. The molecule has 0 aromatic carbocycles. The van der Waals surface area contributed by atoms with Gasteiger partial charge in [-0.25, -0.2) is 0 Å². The smallest absolute Gasteiger partial charge is 0.0168 e. The third kappa shape index (κ3) is 1.29. The SMILES string of the molecule is CCCC1CCC2C1(C)CCC1C34CCCCC3CCC214. The van der Waals surface area contributed by atoms with Crippen LogP contribution in [0, 0.1) is 39.9 Å². The molecule has 7 unspecified atom stereocenters. The van der Waals surface area contributed by atoms with Crippen molar-refractivity contribution < 1.29 is 0 Å². The van der Waals surface area contributed by atoms with E-state index in [0.717, 1.165) is 34.0 Å². The van der Waals surface area contributed by atoms with Gasteiger partial charge in [-0.1, -0.05) is 39.5 Å². The third-order valence-corrected chi connectivity index (χ3v) is 9.82. The van der Waals surface area contributed by atoms with Crippen molar-refractivity contribution in [2.75, 3.05) is 0 Å². The van der Waals surface area contributed by atoms with Crippen LogP contribution in [0.1, 0.15) is 90.9 Å². The first kappa shape index (κ1) is 13.4. The first-order valence-corrected chi connectivity index (χ1v) is 10.2. The first-order chi connectivity index (χ1) is 10.2. The normalized spacial score (nSPS) is 60.9. The molecule has 5 aliphatic carbocycles. The summed E-state index contributed by atoms with van der Waals surface area (Å²) in [4.78, 5) is 0. The van der Waals surface area contributed by atoms with Crippen LogP contribution in [0.15, 0.2) is 0 Å². The van der Waals surface area contributed by atoms with Gasteiger partial charge in [0.25, 0.3) is 0 Å². The third-order valence-electron chi connectivity index (χ3n) is 9.82. The van der Waals surface area contributed by atoms with E-state index in [9.17, 15) is 0 Å². The molecule has 5 rings (SSSR count). The Hall–Kier alpha value is 0. The second-order valence-electron chi connectivity index (χ2n) is 9.77. The van der Waals surface area contributed by atoms with Crippen molar-refractivity contribution in [3.8, 4) is 0 Å². The Morgan fingerprint density at radius 3 is 2.57 bits per heavy atom. The average Bonchev–Trinajstić information content (AvgIpc) is 2.77. The lowest BCUT2D eigenvalue weighted by molar-refractivity contribution is 0.0310. The summed E-state index contributed by atoms with van der Waals surface area (Å²) in [5.41, 5.74) is 2.49. The van der Waals surface area contributed by atoms with E-state index in [4.69, 9.17) is 0 Å². The Morgan fingerprint density at radius 1 is 0.810 bits per heavy atom. The lowest BCUT2D eigenvalue weighted by Gasteiger charge is -2.45. The molecule has 2 spiro atoms. The lowest BCUT2D eigenvalue weighted by Crippen LogP contribution is -2.38. The quantitative estimate of drug-likeness (QED) is 0.567. The minimum absolute atomic E-state index is 0.738. The number of fused-ring (bicyclic) bond motifs is 1. The molecule has 0 aromatic heterocycles. The van der Waals surface area contributed by atoms with Gasteiger partial charge in [0.2, 0.25) is 0 Å². The van der Waals surface area contributed by atoms with Gasteiger partial charge in [0.05, 0.1) is 0 Å². The van der Waals surface area contributed by atoms with Crippen LogP contribution >= 0.6 is 0 Å². The van der Waals surface area contributed by atoms with Gasteiger partial charge >= 0.3 is 0 Å². The fraction of sp³-hybridized carbons (Fsp3) is 1.00. The predicted molar refractivity (Wildman–Crippen MR) is 88.0 cm³/mol. The van der Waals surface area contributed by atoms with Crippen LogP contribution < -0.4 is 0 Å². The van der Waals surface area contributed by atoms with Crippen molar-refractivity contribution in [1.82, 2.24) is 0 Å². The average molecular weight is 287 g/mol. The van der Waals surface area contributed by atoms with Gasteiger partial charge in [0.1, 0.15) is 0 Å². The van der Waals surface area contributed by atoms with Crippen molar-refractivity contribution in [2.24, 2.45) is 39.9 Å². The van der Waals surface area contributed by atoms with E-state index in [2.05, 4.69) is 13.8 Å². The summed E-state index contributed by atoms with van der Waals surface area (Å²) >= 11 is 0. The minimum Gasteiger partial charge on any atom is -0.0654 e. The maximum Gasteiger partial charge on any atom is -0.0168 e. The molecule has 0 bridgehead atoms. The van der Waals surface area contributed by atoms with Crippen molar-refractivity contribution in [1.29, 1.82) is 0 Å². The highest BCUT2D eigenvalue weighted by atomic mass is 14.9. The van der Waals surface area contributed by atoms with Gasteiger partial charge < -0.3 is 0 Å². The molecular weight excluding hydrogens is 252 g/mol. The van der Waals surface area contributed by atoms with E-state index in [1.54, 1.807) is 64.2 Å². The summed E-state index contributed by atoms with van der Waals surface area (Å²) in [6, 6.07) is 0. The van der Waals surface area contributed by atoms with Crippen LogP contribution in [0.3, 0.4) is 0 Å². The fourth-order valence-corrected chi connectivity index (χ4v) is 9.38. The largest absolute Gasteiger partial charge is 0.0654 e. The van der Waals surface area contributed by atoms with Crippen LogP contribution in [0.2, 0.25) is 0 Å². The molecule has 118 valence electrons. The van der Waals surface area contributed by atoms with Crippen molar-refractivity contribution in [2.45, 2.75) is 90.9 Å². The molecule has 5 aliphatic rings.